The molecule has 0 aliphatic heterocycles. The minimum absolute atomic E-state index is 0.171. The van der Waals surface area contributed by atoms with Crippen LogP contribution in [0.3, 0.4) is 0 Å². The van der Waals surface area contributed by atoms with Crippen molar-refractivity contribution in [1.82, 2.24) is 10.6 Å². The van der Waals surface area contributed by atoms with Crippen molar-refractivity contribution in [2.75, 3.05) is 13.7 Å². The van der Waals surface area contributed by atoms with Gasteiger partial charge in [-0.05, 0) is 16.3 Å². The first-order valence-corrected chi connectivity index (χ1v) is 7.56. The fraction of sp³-hybridized carbons (Fsp3) is 0.222. The Morgan fingerprint density at radius 1 is 1.16 bits per heavy atom. The van der Waals surface area contributed by atoms with Gasteiger partial charge in [0.25, 0.3) is 0 Å². The number of esters is 1. The molecule has 0 radical (unpaired) electrons. The van der Waals surface area contributed by atoms with Gasteiger partial charge in [-0.15, -0.1) is 0 Å². The van der Waals surface area contributed by atoms with Crippen LogP contribution in [-0.2, 0) is 25.5 Å². The Kier molecular flexibility index (Phi) is 6.07. The highest BCUT2D eigenvalue weighted by atomic mass is 16.5. The molecule has 2 rings (SSSR count). The molecule has 0 saturated heterocycles. The van der Waals surface area contributed by atoms with E-state index < -0.39 is 23.8 Å². The molecule has 1 unspecified atom stereocenters. The third kappa shape index (κ3) is 4.78. The van der Waals surface area contributed by atoms with E-state index in [-0.39, 0.29) is 13.0 Å². The summed E-state index contributed by atoms with van der Waals surface area (Å²) in [5.74, 6) is -2.65. The quantitative estimate of drug-likeness (QED) is 0.473. The van der Waals surface area contributed by atoms with Crippen LogP contribution in [0.15, 0.2) is 42.5 Å². The van der Waals surface area contributed by atoms with Crippen molar-refractivity contribution in [2.45, 2.75) is 12.5 Å². The van der Waals surface area contributed by atoms with E-state index in [9.17, 15) is 14.4 Å². The van der Waals surface area contributed by atoms with E-state index in [1.165, 1.54) is 0 Å². The second kappa shape index (κ2) is 8.45. The maximum absolute atomic E-state index is 12.2. The van der Waals surface area contributed by atoms with Gasteiger partial charge in [0.1, 0.15) is 12.6 Å². The Morgan fingerprint density at radius 2 is 1.88 bits per heavy atom. The standard InChI is InChI=1S/C18H17N3O4/c1-25-18(24)17(23)21-15(16(22)20-9-8-19)11-12-6-7-13-4-2-3-5-14(13)10-12/h2-7,10,15H,9,11H2,1H3,(H,20,22)(H,21,23). The molecule has 2 aromatic rings. The van der Waals surface area contributed by atoms with Gasteiger partial charge in [-0.1, -0.05) is 42.5 Å². The van der Waals surface area contributed by atoms with Gasteiger partial charge in [0.2, 0.25) is 5.91 Å². The minimum Gasteiger partial charge on any atom is -0.462 e. The summed E-state index contributed by atoms with van der Waals surface area (Å²) in [5.41, 5.74) is 0.806. The number of nitrogens with zero attached hydrogens (tertiary/aromatic N) is 1. The normalized spacial score (nSPS) is 11.2. The van der Waals surface area contributed by atoms with E-state index in [1.54, 1.807) is 6.07 Å². The van der Waals surface area contributed by atoms with Crippen molar-refractivity contribution in [3.63, 3.8) is 0 Å². The zero-order valence-electron chi connectivity index (χ0n) is 13.6. The van der Waals surface area contributed by atoms with Crippen molar-refractivity contribution in [2.24, 2.45) is 0 Å². The number of carbonyl (C=O) groups is 3. The number of carbonyl (C=O) groups excluding carboxylic acids is 3. The molecule has 2 aromatic carbocycles. The van der Waals surface area contributed by atoms with Crippen LogP contribution < -0.4 is 10.6 Å². The van der Waals surface area contributed by atoms with Gasteiger partial charge < -0.3 is 15.4 Å². The SMILES string of the molecule is COC(=O)C(=O)NC(Cc1ccc2ccccc2c1)C(=O)NCC#N. The third-order valence-corrected chi connectivity index (χ3v) is 3.59. The molecule has 0 saturated carbocycles. The van der Waals surface area contributed by atoms with Gasteiger partial charge in [0.15, 0.2) is 0 Å². The van der Waals surface area contributed by atoms with Crippen molar-refractivity contribution in [3.8, 4) is 6.07 Å². The van der Waals surface area contributed by atoms with Gasteiger partial charge in [-0.2, -0.15) is 5.26 Å². The number of amides is 2. The van der Waals surface area contributed by atoms with Gasteiger partial charge >= 0.3 is 11.9 Å². The Bertz CT molecular complexity index is 842. The number of nitrogens with one attached hydrogen (secondary N) is 2. The number of hydrogen-bond donors (Lipinski definition) is 2. The van der Waals surface area contributed by atoms with Crippen molar-refractivity contribution < 1.29 is 19.1 Å². The molecule has 128 valence electrons. The largest absolute Gasteiger partial charge is 0.462 e. The van der Waals surface area contributed by atoms with E-state index in [2.05, 4.69) is 15.4 Å². The maximum Gasteiger partial charge on any atom is 0.396 e. The third-order valence-electron chi connectivity index (χ3n) is 3.59. The predicted molar refractivity (Wildman–Crippen MR) is 90.2 cm³/mol. The molecule has 0 aromatic heterocycles. The van der Waals surface area contributed by atoms with E-state index in [1.807, 2.05) is 42.5 Å². The van der Waals surface area contributed by atoms with Gasteiger partial charge in [0, 0.05) is 6.42 Å². The van der Waals surface area contributed by atoms with E-state index >= 15 is 0 Å². The molecule has 1 atom stereocenters. The summed E-state index contributed by atoms with van der Waals surface area (Å²) >= 11 is 0. The van der Waals surface area contributed by atoms with Crippen molar-refractivity contribution >= 4 is 28.6 Å². The average molecular weight is 339 g/mol. The number of fused-ring (bicyclic) bond motifs is 1. The Labute approximate surface area is 144 Å². The molecule has 0 aliphatic carbocycles. The molecule has 25 heavy (non-hydrogen) atoms. The summed E-state index contributed by atoms with van der Waals surface area (Å²) < 4.78 is 4.35. The zero-order valence-corrected chi connectivity index (χ0v) is 13.6. The molecule has 2 N–H and O–H groups in total. The number of nitriles is 1. The van der Waals surface area contributed by atoms with Crippen LogP contribution >= 0.6 is 0 Å². The number of rotatable bonds is 5. The van der Waals surface area contributed by atoms with Gasteiger partial charge in [0.05, 0.1) is 13.2 Å². The minimum atomic E-state index is -1.09. The summed E-state index contributed by atoms with van der Waals surface area (Å²) in [6.07, 6.45) is 0.171. The number of hydrogen-bond acceptors (Lipinski definition) is 5. The van der Waals surface area contributed by atoms with Crippen molar-refractivity contribution in [3.05, 3.63) is 48.0 Å². The summed E-state index contributed by atoms with van der Waals surface area (Å²) in [6, 6.07) is 14.2. The Balaban J connectivity index is 2.20. The van der Waals surface area contributed by atoms with E-state index in [4.69, 9.17) is 5.26 Å². The number of ether oxygens (including phenoxy) is 1. The first-order chi connectivity index (χ1) is 12.0. The van der Waals surface area contributed by atoms with Gasteiger partial charge in [-0.25, -0.2) is 4.79 Å². The molecule has 0 heterocycles. The lowest BCUT2D eigenvalue weighted by molar-refractivity contribution is -0.153. The molecule has 2 amide bonds. The summed E-state index contributed by atoms with van der Waals surface area (Å²) in [6.45, 7) is -0.193. The highest BCUT2D eigenvalue weighted by Gasteiger charge is 2.24. The molecule has 0 fully saturated rings. The molecule has 7 heteroatoms. The van der Waals surface area contributed by atoms with E-state index in [0.29, 0.717) is 0 Å². The van der Waals surface area contributed by atoms with Crippen molar-refractivity contribution in [1.29, 1.82) is 5.26 Å². The summed E-state index contributed by atoms with van der Waals surface area (Å²) in [5, 5.41) is 15.4. The first-order valence-electron chi connectivity index (χ1n) is 7.56. The molecular weight excluding hydrogens is 322 g/mol. The molecular formula is C18H17N3O4. The lowest BCUT2D eigenvalue weighted by Gasteiger charge is -2.17. The van der Waals surface area contributed by atoms with Crippen LogP contribution in [0.25, 0.3) is 10.8 Å². The smallest absolute Gasteiger partial charge is 0.396 e. The maximum atomic E-state index is 12.2. The predicted octanol–water partition coefficient (Wildman–Crippen LogP) is 0.680. The van der Waals surface area contributed by atoms with Crippen LogP contribution in [0.4, 0.5) is 0 Å². The number of methoxy groups -OCH3 is 1. The van der Waals surface area contributed by atoms with Crippen LogP contribution in [0, 0.1) is 11.3 Å². The van der Waals surface area contributed by atoms with Crippen LogP contribution in [-0.4, -0.2) is 37.5 Å². The molecule has 0 aliphatic rings. The first kappa shape index (κ1) is 17.9. The summed E-state index contributed by atoms with van der Waals surface area (Å²) in [4.78, 5) is 35.2. The second-order valence-electron chi connectivity index (χ2n) is 5.28. The fourth-order valence-corrected chi connectivity index (χ4v) is 2.37. The van der Waals surface area contributed by atoms with Crippen LogP contribution in [0.2, 0.25) is 0 Å². The average Bonchev–Trinajstić information content (AvgIpc) is 2.64. The highest BCUT2D eigenvalue weighted by Crippen LogP contribution is 2.16. The van der Waals surface area contributed by atoms with Crippen LogP contribution in [0.5, 0.6) is 0 Å². The lowest BCUT2D eigenvalue weighted by Crippen LogP contribution is -2.50. The lowest BCUT2D eigenvalue weighted by atomic mass is 10.0. The highest BCUT2D eigenvalue weighted by molar-refractivity contribution is 6.32. The zero-order chi connectivity index (χ0) is 18.2. The molecule has 0 spiro atoms. The molecule has 7 nitrogen and oxygen atoms in total. The number of benzene rings is 2. The van der Waals surface area contributed by atoms with Crippen LogP contribution in [0.1, 0.15) is 5.56 Å². The monoisotopic (exact) mass is 339 g/mol. The molecule has 0 bridgehead atoms. The van der Waals surface area contributed by atoms with E-state index in [0.717, 1.165) is 23.4 Å². The second-order valence-corrected chi connectivity index (χ2v) is 5.28. The van der Waals surface area contributed by atoms with Gasteiger partial charge in [-0.3, -0.25) is 9.59 Å². The Hall–Kier alpha value is -3.40. The Morgan fingerprint density at radius 3 is 2.56 bits per heavy atom. The summed E-state index contributed by atoms with van der Waals surface area (Å²) in [7, 11) is 1.08. The topological polar surface area (TPSA) is 108 Å². The fourth-order valence-electron chi connectivity index (χ4n) is 2.37.